The van der Waals surface area contributed by atoms with Gasteiger partial charge in [-0.2, -0.15) is 4.31 Å². The second-order valence-electron chi connectivity index (χ2n) is 6.24. The lowest BCUT2D eigenvalue weighted by atomic mass is 9.93. The summed E-state index contributed by atoms with van der Waals surface area (Å²) in [6.07, 6.45) is 1.59. The van der Waals surface area contributed by atoms with Crippen molar-refractivity contribution in [1.29, 1.82) is 0 Å². The summed E-state index contributed by atoms with van der Waals surface area (Å²) in [5, 5.41) is 11.3. The Bertz CT molecular complexity index is 716. The zero-order valence-electron chi connectivity index (χ0n) is 13.7. The normalized spacial score (nSPS) is 21.1. The van der Waals surface area contributed by atoms with E-state index in [0.29, 0.717) is 25.1 Å². The van der Waals surface area contributed by atoms with Crippen LogP contribution in [0.5, 0.6) is 0 Å². The van der Waals surface area contributed by atoms with Crippen LogP contribution in [0, 0.1) is 29.9 Å². The van der Waals surface area contributed by atoms with Gasteiger partial charge in [-0.15, -0.1) is 0 Å². The topological polar surface area (TPSA) is 107 Å². The summed E-state index contributed by atoms with van der Waals surface area (Å²) >= 11 is 0. The van der Waals surface area contributed by atoms with Crippen molar-refractivity contribution in [3.05, 3.63) is 33.4 Å². The van der Waals surface area contributed by atoms with Crippen molar-refractivity contribution in [2.45, 2.75) is 44.6 Å². The van der Waals surface area contributed by atoms with Crippen LogP contribution in [0.25, 0.3) is 0 Å². The first-order chi connectivity index (χ1) is 10.7. The summed E-state index contributed by atoms with van der Waals surface area (Å²) in [6, 6.07) is 2.73. The van der Waals surface area contributed by atoms with E-state index in [1.807, 2.05) is 6.92 Å². The molecule has 0 saturated carbocycles. The average Bonchev–Trinajstić information content (AvgIpc) is 2.49. The number of rotatable bonds is 4. The number of benzene rings is 1. The standard InChI is InChI=1S/C15H23N3O4S/c1-10-6-7-14(18(19)20)15(11(10)2)23(21,22)17-8-4-5-13(9-17)12(3)16/h6-7,12-13H,4-5,8-9,16H2,1-3H3. The molecule has 0 bridgehead atoms. The van der Waals surface area contributed by atoms with E-state index in [1.54, 1.807) is 19.9 Å². The molecule has 1 aliphatic heterocycles. The predicted molar refractivity (Wildman–Crippen MR) is 87.7 cm³/mol. The Morgan fingerprint density at radius 2 is 2.04 bits per heavy atom. The Hall–Kier alpha value is -1.51. The molecule has 1 saturated heterocycles. The summed E-state index contributed by atoms with van der Waals surface area (Å²) in [4.78, 5) is 10.5. The molecule has 1 fully saturated rings. The molecule has 128 valence electrons. The predicted octanol–water partition coefficient (Wildman–Crippen LogP) is 1.96. The van der Waals surface area contributed by atoms with Gasteiger partial charge in [0.2, 0.25) is 10.0 Å². The van der Waals surface area contributed by atoms with E-state index in [1.165, 1.54) is 10.4 Å². The van der Waals surface area contributed by atoms with Gasteiger partial charge in [0.05, 0.1) is 4.92 Å². The van der Waals surface area contributed by atoms with Gasteiger partial charge in [0, 0.05) is 25.2 Å². The molecule has 0 amide bonds. The molecule has 1 aromatic carbocycles. The van der Waals surface area contributed by atoms with E-state index < -0.39 is 14.9 Å². The van der Waals surface area contributed by atoms with Gasteiger partial charge in [0.25, 0.3) is 5.69 Å². The summed E-state index contributed by atoms with van der Waals surface area (Å²) in [6.45, 7) is 5.91. The molecular formula is C15H23N3O4S. The van der Waals surface area contributed by atoms with E-state index in [0.717, 1.165) is 12.0 Å². The number of nitrogens with zero attached hydrogens (tertiary/aromatic N) is 2. The van der Waals surface area contributed by atoms with Crippen molar-refractivity contribution in [3.63, 3.8) is 0 Å². The number of sulfonamides is 1. The van der Waals surface area contributed by atoms with Crippen LogP contribution in [0.2, 0.25) is 0 Å². The highest BCUT2D eigenvalue weighted by Gasteiger charge is 2.37. The molecule has 8 heteroatoms. The van der Waals surface area contributed by atoms with Gasteiger partial charge in [0.1, 0.15) is 0 Å². The second kappa shape index (κ2) is 6.54. The molecular weight excluding hydrogens is 318 g/mol. The maximum Gasteiger partial charge on any atom is 0.289 e. The molecule has 2 unspecified atom stereocenters. The Balaban J connectivity index is 2.52. The van der Waals surface area contributed by atoms with Crippen LogP contribution in [0.3, 0.4) is 0 Å². The minimum Gasteiger partial charge on any atom is -0.328 e. The molecule has 1 aliphatic rings. The smallest absolute Gasteiger partial charge is 0.289 e. The van der Waals surface area contributed by atoms with Gasteiger partial charge in [-0.25, -0.2) is 8.42 Å². The number of nitro groups is 1. The van der Waals surface area contributed by atoms with Crippen molar-refractivity contribution in [1.82, 2.24) is 4.31 Å². The van der Waals surface area contributed by atoms with Gasteiger partial charge in [-0.3, -0.25) is 10.1 Å². The maximum atomic E-state index is 13.0. The minimum absolute atomic E-state index is 0.0719. The number of piperidine rings is 1. The number of nitrogens with two attached hydrogens (primary N) is 1. The van der Waals surface area contributed by atoms with Gasteiger partial charge >= 0.3 is 0 Å². The van der Waals surface area contributed by atoms with E-state index in [-0.39, 0.29) is 22.5 Å². The fourth-order valence-electron chi connectivity index (χ4n) is 3.00. The molecule has 2 N–H and O–H groups in total. The van der Waals surface area contributed by atoms with Gasteiger partial charge in [-0.1, -0.05) is 6.07 Å². The first-order valence-electron chi connectivity index (χ1n) is 7.66. The molecule has 1 aromatic rings. The minimum atomic E-state index is -3.92. The lowest BCUT2D eigenvalue weighted by molar-refractivity contribution is -0.388. The highest BCUT2D eigenvalue weighted by molar-refractivity contribution is 7.89. The van der Waals surface area contributed by atoms with Gasteiger partial charge in [-0.05, 0) is 50.7 Å². The number of nitro benzene ring substituents is 1. The molecule has 1 heterocycles. The average molecular weight is 341 g/mol. The second-order valence-corrected chi connectivity index (χ2v) is 8.11. The zero-order valence-corrected chi connectivity index (χ0v) is 14.5. The summed E-state index contributed by atoms with van der Waals surface area (Å²) in [5.41, 5.74) is 6.70. The van der Waals surface area contributed by atoms with Crippen LogP contribution >= 0.6 is 0 Å². The van der Waals surface area contributed by atoms with Crippen LogP contribution in [0.15, 0.2) is 17.0 Å². The van der Waals surface area contributed by atoms with Crippen LogP contribution in [0.1, 0.15) is 30.9 Å². The SMILES string of the molecule is Cc1ccc([N+](=O)[O-])c(S(=O)(=O)N2CCCC(C(C)N)C2)c1C. The van der Waals surface area contributed by atoms with Crippen LogP contribution < -0.4 is 5.73 Å². The van der Waals surface area contributed by atoms with E-state index >= 15 is 0 Å². The number of hydrogen-bond acceptors (Lipinski definition) is 5. The fourth-order valence-corrected chi connectivity index (χ4v) is 4.97. The van der Waals surface area contributed by atoms with Gasteiger partial charge < -0.3 is 5.73 Å². The van der Waals surface area contributed by atoms with Crippen molar-refractivity contribution in [3.8, 4) is 0 Å². The highest BCUT2D eigenvalue weighted by Crippen LogP contribution is 2.33. The Kier molecular flexibility index (Phi) is 5.07. The Morgan fingerprint density at radius 1 is 1.39 bits per heavy atom. The molecule has 0 spiro atoms. The van der Waals surface area contributed by atoms with Crippen LogP contribution in [-0.2, 0) is 10.0 Å². The molecule has 23 heavy (non-hydrogen) atoms. The zero-order chi connectivity index (χ0) is 17.4. The third-order valence-electron chi connectivity index (χ3n) is 4.61. The monoisotopic (exact) mass is 341 g/mol. The number of hydrogen-bond donors (Lipinski definition) is 1. The fraction of sp³-hybridized carbons (Fsp3) is 0.600. The first kappa shape index (κ1) is 17.8. The van der Waals surface area contributed by atoms with Crippen LogP contribution in [-0.4, -0.2) is 36.8 Å². The summed E-state index contributed by atoms with van der Waals surface area (Å²) in [7, 11) is -3.92. The van der Waals surface area contributed by atoms with Crippen molar-refractivity contribution >= 4 is 15.7 Å². The van der Waals surface area contributed by atoms with Crippen molar-refractivity contribution in [2.75, 3.05) is 13.1 Å². The lowest BCUT2D eigenvalue weighted by Gasteiger charge is -2.34. The van der Waals surface area contributed by atoms with E-state index in [9.17, 15) is 18.5 Å². The third-order valence-corrected chi connectivity index (χ3v) is 6.66. The van der Waals surface area contributed by atoms with Crippen molar-refractivity contribution in [2.24, 2.45) is 11.7 Å². The number of aryl methyl sites for hydroxylation is 1. The van der Waals surface area contributed by atoms with Crippen LogP contribution in [0.4, 0.5) is 5.69 Å². The lowest BCUT2D eigenvalue weighted by Crippen LogP contribution is -2.45. The highest BCUT2D eigenvalue weighted by atomic mass is 32.2. The summed E-state index contributed by atoms with van der Waals surface area (Å²) in [5.74, 6) is 0.0719. The largest absolute Gasteiger partial charge is 0.328 e. The van der Waals surface area contributed by atoms with Gasteiger partial charge in [0.15, 0.2) is 4.90 Å². The maximum absolute atomic E-state index is 13.0. The summed E-state index contributed by atoms with van der Waals surface area (Å²) < 4.78 is 27.4. The molecule has 0 radical (unpaired) electrons. The molecule has 0 aliphatic carbocycles. The molecule has 7 nitrogen and oxygen atoms in total. The quantitative estimate of drug-likeness (QED) is 0.665. The molecule has 2 rings (SSSR count). The molecule has 0 aromatic heterocycles. The Morgan fingerprint density at radius 3 is 2.61 bits per heavy atom. The molecule has 2 atom stereocenters. The first-order valence-corrected chi connectivity index (χ1v) is 9.10. The van der Waals surface area contributed by atoms with E-state index in [2.05, 4.69) is 0 Å². The van der Waals surface area contributed by atoms with E-state index in [4.69, 9.17) is 5.73 Å². The third kappa shape index (κ3) is 3.39. The Labute approximate surface area is 136 Å². The van der Waals surface area contributed by atoms with Crippen molar-refractivity contribution < 1.29 is 13.3 Å².